The quantitative estimate of drug-likeness (QED) is 0.847. The minimum absolute atomic E-state index is 0.0222. The molecule has 1 aromatic rings. The number of piperazine rings is 1. The molecule has 1 atom stereocenters. The average Bonchev–Trinajstić information content (AvgIpc) is 2.92. The van der Waals surface area contributed by atoms with Gasteiger partial charge in [0.1, 0.15) is 6.04 Å². The smallest absolute Gasteiger partial charge is 0.255 e. The van der Waals surface area contributed by atoms with Crippen molar-refractivity contribution < 1.29 is 9.59 Å². The Kier molecular flexibility index (Phi) is 4.66. The number of carbonyl (C=O) groups excluding carboxylic acids is 2. The second-order valence-electron chi connectivity index (χ2n) is 6.43. The van der Waals surface area contributed by atoms with E-state index < -0.39 is 6.04 Å². The number of benzene rings is 1. The van der Waals surface area contributed by atoms with Crippen LogP contribution < -0.4 is 0 Å². The first kappa shape index (κ1) is 16.0. The van der Waals surface area contributed by atoms with Crippen LogP contribution >= 0.6 is 0 Å². The van der Waals surface area contributed by atoms with Gasteiger partial charge in [0.2, 0.25) is 5.91 Å². The van der Waals surface area contributed by atoms with Gasteiger partial charge in [-0.1, -0.05) is 25.1 Å². The first-order valence-electron chi connectivity index (χ1n) is 8.52. The summed E-state index contributed by atoms with van der Waals surface area (Å²) in [6, 6.07) is 7.23. The Morgan fingerprint density at radius 2 is 1.87 bits per heavy atom. The fourth-order valence-electron chi connectivity index (χ4n) is 3.50. The van der Waals surface area contributed by atoms with Crippen molar-refractivity contribution in [1.82, 2.24) is 14.7 Å². The highest BCUT2D eigenvalue weighted by atomic mass is 16.2. The fourth-order valence-corrected chi connectivity index (χ4v) is 3.50. The first-order valence-corrected chi connectivity index (χ1v) is 8.52. The highest BCUT2D eigenvalue weighted by molar-refractivity contribution is 6.01. The van der Waals surface area contributed by atoms with E-state index in [4.69, 9.17) is 0 Å². The van der Waals surface area contributed by atoms with E-state index >= 15 is 0 Å². The summed E-state index contributed by atoms with van der Waals surface area (Å²) in [5.41, 5.74) is 1.75. The van der Waals surface area contributed by atoms with Gasteiger partial charge in [0.25, 0.3) is 5.91 Å². The van der Waals surface area contributed by atoms with Crippen LogP contribution in [0.2, 0.25) is 0 Å². The van der Waals surface area contributed by atoms with Crippen molar-refractivity contribution in [2.75, 3.05) is 32.7 Å². The molecule has 0 bridgehead atoms. The van der Waals surface area contributed by atoms with Crippen LogP contribution in [-0.4, -0.2) is 65.3 Å². The van der Waals surface area contributed by atoms with Crippen LogP contribution in [-0.2, 0) is 11.3 Å². The summed E-state index contributed by atoms with van der Waals surface area (Å²) < 4.78 is 0. The molecule has 2 heterocycles. The van der Waals surface area contributed by atoms with E-state index in [0.29, 0.717) is 6.54 Å². The minimum Gasteiger partial charge on any atom is -0.338 e. The number of hydrogen-bond donors (Lipinski definition) is 0. The summed E-state index contributed by atoms with van der Waals surface area (Å²) in [5, 5.41) is 0. The Balaban J connectivity index is 1.62. The van der Waals surface area contributed by atoms with E-state index in [1.165, 1.54) is 0 Å². The third kappa shape index (κ3) is 3.11. The molecule has 1 fully saturated rings. The molecule has 0 saturated carbocycles. The molecule has 5 nitrogen and oxygen atoms in total. The normalized spacial score (nSPS) is 19.8. The maximum Gasteiger partial charge on any atom is 0.255 e. The number of nitrogens with zero attached hydrogens (tertiary/aromatic N) is 3. The van der Waals surface area contributed by atoms with Gasteiger partial charge in [-0.25, -0.2) is 0 Å². The van der Waals surface area contributed by atoms with Crippen molar-refractivity contribution in [2.45, 2.75) is 32.9 Å². The van der Waals surface area contributed by atoms with Gasteiger partial charge in [0, 0.05) is 38.3 Å². The Labute approximate surface area is 137 Å². The minimum atomic E-state index is -0.396. The van der Waals surface area contributed by atoms with Crippen LogP contribution in [0.25, 0.3) is 0 Å². The number of carbonyl (C=O) groups is 2. The molecular formula is C18H25N3O2. The summed E-state index contributed by atoms with van der Waals surface area (Å²) in [6.07, 6.45) is 1.14. The molecule has 0 aliphatic carbocycles. The maximum absolute atomic E-state index is 12.8. The molecule has 23 heavy (non-hydrogen) atoms. The van der Waals surface area contributed by atoms with E-state index in [-0.39, 0.29) is 11.8 Å². The van der Waals surface area contributed by atoms with Gasteiger partial charge in [0.15, 0.2) is 0 Å². The Hall–Kier alpha value is -1.88. The molecule has 0 radical (unpaired) electrons. The summed E-state index contributed by atoms with van der Waals surface area (Å²) in [4.78, 5) is 31.3. The van der Waals surface area contributed by atoms with Crippen molar-refractivity contribution in [2.24, 2.45) is 0 Å². The van der Waals surface area contributed by atoms with E-state index in [2.05, 4.69) is 11.8 Å². The van der Waals surface area contributed by atoms with Crippen molar-refractivity contribution in [1.29, 1.82) is 0 Å². The third-order valence-electron chi connectivity index (χ3n) is 4.90. The molecule has 0 N–H and O–H groups in total. The predicted octanol–water partition coefficient (Wildman–Crippen LogP) is 1.59. The zero-order chi connectivity index (χ0) is 16.4. The standard InChI is InChI=1S/C18H25N3O2/c1-3-8-19-9-11-20(12-10-19)17(22)14(2)21-13-15-6-4-5-7-16(15)18(21)23/h4-7,14H,3,8-13H2,1-2H3/t14-/m1/s1. The van der Waals surface area contributed by atoms with Gasteiger partial charge in [0.05, 0.1) is 0 Å². The molecule has 3 rings (SSSR count). The highest BCUT2D eigenvalue weighted by Crippen LogP contribution is 2.25. The van der Waals surface area contributed by atoms with Gasteiger partial charge in [-0.2, -0.15) is 0 Å². The molecule has 2 aliphatic heterocycles. The van der Waals surface area contributed by atoms with Crippen molar-refractivity contribution in [3.63, 3.8) is 0 Å². The molecule has 0 aromatic heterocycles. The molecule has 2 amide bonds. The molecule has 0 spiro atoms. The lowest BCUT2D eigenvalue weighted by Gasteiger charge is -2.37. The lowest BCUT2D eigenvalue weighted by molar-refractivity contribution is -0.137. The lowest BCUT2D eigenvalue weighted by Crippen LogP contribution is -2.54. The van der Waals surface area contributed by atoms with Gasteiger partial charge >= 0.3 is 0 Å². The number of fused-ring (bicyclic) bond motifs is 1. The largest absolute Gasteiger partial charge is 0.338 e. The van der Waals surface area contributed by atoms with E-state index in [9.17, 15) is 9.59 Å². The molecular weight excluding hydrogens is 290 g/mol. The number of amides is 2. The second kappa shape index (κ2) is 6.71. The SMILES string of the molecule is CCCN1CCN(C(=O)[C@@H](C)N2Cc3ccccc3C2=O)CC1. The van der Waals surface area contributed by atoms with Crippen LogP contribution in [0, 0.1) is 0 Å². The highest BCUT2D eigenvalue weighted by Gasteiger charge is 2.35. The summed E-state index contributed by atoms with van der Waals surface area (Å²) in [6.45, 7) is 9.05. The first-order chi connectivity index (χ1) is 11.1. The molecule has 1 saturated heterocycles. The molecule has 5 heteroatoms. The van der Waals surface area contributed by atoms with Gasteiger partial charge in [-0.3, -0.25) is 14.5 Å². The topological polar surface area (TPSA) is 43.9 Å². The number of rotatable bonds is 4. The van der Waals surface area contributed by atoms with Crippen LogP contribution in [0.15, 0.2) is 24.3 Å². The summed E-state index contributed by atoms with van der Waals surface area (Å²) in [7, 11) is 0. The van der Waals surface area contributed by atoms with Crippen LogP contribution in [0.3, 0.4) is 0 Å². The van der Waals surface area contributed by atoms with Crippen LogP contribution in [0.1, 0.15) is 36.2 Å². The molecule has 2 aliphatic rings. The predicted molar refractivity (Wildman–Crippen MR) is 89.1 cm³/mol. The van der Waals surface area contributed by atoms with E-state index in [0.717, 1.165) is 50.3 Å². The number of hydrogen-bond acceptors (Lipinski definition) is 3. The second-order valence-corrected chi connectivity index (χ2v) is 6.43. The Bertz CT molecular complexity index is 594. The molecule has 1 aromatic carbocycles. The summed E-state index contributed by atoms with van der Waals surface area (Å²) in [5.74, 6) is 0.0494. The van der Waals surface area contributed by atoms with Gasteiger partial charge < -0.3 is 9.80 Å². The molecule has 0 unspecified atom stereocenters. The van der Waals surface area contributed by atoms with Crippen molar-refractivity contribution >= 4 is 11.8 Å². The monoisotopic (exact) mass is 315 g/mol. The third-order valence-corrected chi connectivity index (χ3v) is 4.90. The van der Waals surface area contributed by atoms with Crippen LogP contribution in [0.5, 0.6) is 0 Å². The fraction of sp³-hybridized carbons (Fsp3) is 0.556. The zero-order valence-electron chi connectivity index (χ0n) is 14.0. The molecule has 124 valence electrons. The van der Waals surface area contributed by atoms with Gasteiger partial charge in [-0.05, 0) is 31.5 Å². The summed E-state index contributed by atoms with van der Waals surface area (Å²) >= 11 is 0. The van der Waals surface area contributed by atoms with E-state index in [1.807, 2.05) is 36.1 Å². The van der Waals surface area contributed by atoms with Crippen molar-refractivity contribution in [3.8, 4) is 0 Å². The average molecular weight is 315 g/mol. The van der Waals surface area contributed by atoms with Crippen molar-refractivity contribution in [3.05, 3.63) is 35.4 Å². The Morgan fingerprint density at radius 1 is 1.17 bits per heavy atom. The van der Waals surface area contributed by atoms with E-state index in [1.54, 1.807) is 4.90 Å². The van der Waals surface area contributed by atoms with Gasteiger partial charge in [-0.15, -0.1) is 0 Å². The lowest BCUT2D eigenvalue weighted by atomic mass is 10.1. The Morgan fingerprint density at radius 3 is 2.52 bits per heavy atom. The maximum atomic E-state index is 12.8. The zero-order valence-corrected chi connectivity index (χ0v) is 14.0. The van der Waals surface area contributed by atoms with Crippen LogP contribution in [0.4, 0.5) is 0 Å².